The molecule has 0 saturated heterocycles. The maximum absolute atomic E-state index is 12.8. The van der Waals surface area contributed by atoms with Gasteiger partial charge in [-0.2, -0.15) is 13.9 Å². The summed E-state index contributed by atoms with van der Waals surface area (Å²) in [6, 6.07) is 12.8. The predicted octanol–water partition coefficient (Wildman–Crippen LogP) is 6.06. The molecule has 0 radical (unpaired) electrons. The number of methoxy groups -OCH3 is 1. The second kappa shape index (κ2) is 12.3. The number of hydrogen-bond donors (Lipinski definition) is 1. The average molecular weight is 474 g/mol. The van der Waals surface area contributed by atoms with Crippen LogP contribution < -0.4 is 14.8 Å². The Morgan fingerprint density at radius 2 is 1.88 bits per heavy atom. The number of nitrogens with zero attached hydrogens (tertiary/aromatic N) is 2. The molecule has 0 aliphatic carbocycles. The number of unbranched alkanes of at least 4 members (excludes halogenated alkanes) is 2. The molecule has 1 unspecified atom stereocenters. The Morgan fingerprint density at radius 1 is 1.12 bits per heavy atom. The fraction of sp³-hybridized carbons (Fsp3) is 0.462. The lowest BCUT2D eigenvalue weighted by Gasteiger charge is -2.29. The minimum absolute atomic E-state index is 0.0398. The number of ether oxygens (including phenoxy) is 2. The molecule has 0 bridgehead atoms. The van der Waals surface area contributed by atoms with Crippen LogP contribution in [0.15, 0.2) is 47.6 Å². The molecule has 1 aliphatic rings. The molecule has 184 valence electrons. The third-order valence-corrected chi connectivity index (χ3v) is 5.89. The monoisotopic (exact) mass is 473 g/mol. The Hall–Kier alpha value is -3.16. The second-order valence-corrected chi connectivity index (χ2v) is 8.32. The molecule has 1 heterocycles. The molecule has 3 rings (SSSR count). The van der Waals surface area contributed by atoms with Crippen molar-refractivity contribution in [1.29, 1.82) is 0 Å². The topological polar surface area (TPSA) is 63.2 Å². The highest BCUT2D eigenvalue weighted by molar-refractivity contribution is 6.06. The highest BCUT2D eigenvalue weighted by Gasteiger charge is 2.30. The van der Waals surface area contributed by atoms with Crippen LogP contribution >= 0.6 is 0 Å². The van der Waals surface area contributed by atoms with E-state index in [-0.39, 0.29) is 23.3 Å². The van der Waals surface area contributed by atoms with E-state index in [2.05, 4.69) is 22.1 Å². The third kappa shape index (κ3) is 6.68. The van der Waals surface area contributed by atoms with Crippen molar-refractivity contribution < 1.29 is 23.0 Å². The van der Waals surface area contributed by atoms with Crippen molar-refractivity contribution in [2.24, 2.45) is 11.0 Å². The number of carbonyl (C=O) groups is 1. The van der Waals surface area contributed by atoms with Crippen LogP contribution in [0, 0.1) is 5.92 Å². The molecule has 6 nitrogen and oxygen atoms in total. The second-order valence-electron chi connectivity index (χ2n) is 8.32. The maximum Gasteiger partial charge on any atom is 0.387 e. The van der Waals surface area contributed by atoms with E-state index >= 15 is 0 Å². The summed E-state index contributed by atoms with van der Waals surface area (Å²) in [4.78, 5) is 12.8. The first kappa shape index (κ1) is 25.5. The van der Waals surface area contributed by atoms with Gasteiger partial charge in [0, 0.05) is 30.1 Å². The number of anilines is 1. The van der Waals surface area contributed by atoms with Crippen LogP contribution in [0.2, 0.25) is 0 Å². The molecule has 8 heteroatoms. The first-order chi connectivity index (χ1) is 16.4. The molecule has 34 heavy (non-hydrogen) atoms. The summed E-state index contributed by atoms with van der Waals surface area (Å²) in [5.74, 6) is 0.0508. The lowest BCUT2D eigenvalue weighted by molar-refractivity contribution is -0.133. The molecule has 2 aromatic carbocycles. The van der Waals surface area contributed by atoms with Crippen LogP contribution in [-0.4, -0.2) is 36.9 Å². The van der Waals surface area contributed by atoms with Crippen molar-refractivity contribution >= 4 is 17.3 Å². The number of nitrogens with one attached hydrogen (secondary N) is 1. The van der Waals surface area contributed by atoms with Crippen molar-refractivity contribution in [3.63, 3.8) is 0 Å². The normalized spacial score (nSPS) is 15.9. The summed E-state index contributed by atoms with van der Waals surface area (Å²) in [5, 5.41) is 9.58. The van der Waals surface area contributed by atoms with Gasteiger partial charge in [-0.25, -0.2) is 5.01 Å². The van der Waals surface area contributed by atoms with E-state index in [1.54, 1.807) is 12.1 Å². The van der Waals surface area contributed by atoms with Gasteiger partial charge in [-0.05, 0) is 48.7 Å². The molecule has 0 aromatic heterocycles. The number of halogens is 2. The van der Waals surface area contributed by atoms with Crippen LogP contribution in [0.4, 0.5) is 14.5 Å². The standard InChI is InChI=1S/C26H33F2N3O3/c1-4-6-7-14-29-21-11-8-18(9-12-21)17-31-24(32)16-19(5-2)25(30-31)20-10-13-22(34-26(27)28)23(15-20)33-3/h8-13,15,19,26,29H,4-7,14,16-17H2,1-3H3. The van der Waals surface area contributed by atoms with Gasteiger partial charge < -0.3 is 14.8 Å². The number of hydrogen-bond acceptors (Lipinski definition) is 5. The molecule has 0 spiro atoms. The highest BCUT2D eigenvalue weighted by atomic mass is 19.3. The number of rotatable bonds is 12. The average Bonchev–Trinajstić information content (AvgIpc) is 2.83. The Labute approximate surface area is 199 Å². The largest absolute Gasteiger partial charge is 0.493 e. The van der Waals surface area contributed by atoms with Gasteiger partial charge in [0.1, 0.15) is 0 Å². The number of amides is 1. The van der Waals surface area contributed by atoms with Gasteiger partial charge in [-0.1, -0.05) is 38.8 Å². The fourth-order valence-electron chi connectivity index (χ4n) is 3.96. The van der Waals surface area contributed by atoms with E-state index in [0.29, 0.717) is 13.0 Å². The molecule has 1 amide bonds. The van der Waals surface area contributed by atoms with Gasteiger partial charge in [0.25, 0.3) is 0 Å². The van der Waals surface area contributed by atoms with Crippen molar-refractivity contribution in [2.45, 2.75) is 59.1 Å². The molecule has 1 atom stereocenters. The zero-order chi connectivity index (χ0) is 24.5. The quantitative estimate of drug-likeness (QED) is 0.381. The Balaban J connectivity index is 1.78. The van der Waals surface area contributed by atoms with Crippen LogP contribution in [0.5, 0.6) is 11.5 Å². The molecular formula is C26H33F2N3O3. The van der Waals surface area contributed by atoms with E-state index in [9.17, 15) is 13.6 Å². The number of alkyl halides is 2. The van der Waals surface area contributed by atoms with Crippen molar-refractivity contribution in [3.8, 4) is 11.5 Å². The van der Waals surface area contributed by atoms with Crippen molar-refractivity contribution in [1.82, 2.24) is 5.01 Å². The van der Waals surface area contributed by atoms with Crippen molar-refractivity contribution in [3.05, 3.63) is 53.6 Å². The highest BCUT2D eigenvalue weighted by Crippen LogP contribution is 2.33. The van der Waals surface area contributed by atoms with E-state index in [1.165, 1.54) is 31.0 Å². The molecular weight excluding hydrogens is 440 g/mol. The van der Waals surface area contributed by atoms with Crippen LogP contribution in [0.1, 0.15) is 57.1 Å². The maximum atomic E-state index is 12.8. The van der Waals surface area contributed by atoms with Gasteiger partial charge in [0.2, 0.25) is 5.91 Å². The Morgan fingerprint density at radius 3 is 2.53 bits per heavy atom. The van der Waals surface area contributed by atoms with Crippen molar-refractivity contribution in [2.75, 3.05) is 19.0 Å². The predicted molar refractivity (Wildman–Crippen MR) is 130 cm³/mol. The van der Waals surface area contributed by atoms with E-state index < -0.39 is 6.61 Å². The smallest absolute Gasteiger partial charge is 0.387 e. The summed E-state index contributed by atoms with van der Waals surface area (Å²) in [6.45, 7) is 2.54. The Kier molecular flexibility index (Phi) is 9.24. The number of hydrazone groups is 1. The van der Waals surface area contributed by atoms with Gasteiger partial charge in [-0.3, -0.25) is 4.79 Å². The summed E-state index contributed by atoms with van der Waals surface area (Å²) < 4.78 is 35.1. The van der Waals surface area contributed by atoms with Crippen LogP contribution in [0.3, 0.4) is 0 Å². The lowest BCUT2D eigenvalue weighted by atomic mass is 9.89. The molecule has 2 aromatic rings. The summed E-state index contributed by atoms with van der Waals surface area (Å²) in [6.07, 6.45) is 4.59. The zero-order valence-electron chi connectivity index (χ0n) is 20.0. The lowest BCUT2D eigenvalue weighted by Crippen LogP contribution is -2.36. The number of benzene rings is 2. The van der Waals surface area contributed by atoms with E-state index in [1.807, 2.05) is 31.2 Å². The fourth-order valence-corrected chi connectivity index (χ4v) is 3.96. The SMILES string of the molecule is CCCCCNc1ccc(CN2N=C(c3ccc(OC(F)F)c(OC)c3)C(CC)CC2=O)cc1. The summed E-state index contributed by atoms with van der Waals surface area (Å²) >= 11 is 0. The van der Waals surface area contributed by atoms with Gasteiger partial charge in [-0.15, -0.1) is 0 Å². The number of carbonyl (C=O) groups excluding carboxylic acids is 1. The molecule has 0 fully saturated rings. The minimum Gasteiger partial charge on any atom is -0.493 e. The van der Waals surface area contributed by atoms with Gasteiger partial charge >= 0.3 is 6.61 Å². The molecule has 1 N–H and O–H groups in total. The first-order valence-electron chi connectivity index (χ1n) is 11.8. The third-order valence-electron chi connectivity index (χ3n) is 5.89. The first-order valence-corrected chi connectivity index (χ1v) is 11.8. The zero-order valence-corrected chi connectivity index (χ0v) is 20.0. The Bertz CT molecular complexity index is 980. The minimum atomic E-state index is -2.94. The van der Waals surface area contributed by atoms with Crippen LogP contribution in [-0.2, 0) is 11.3 Å². The summed E-state index contributed by atoms with van der Waals surface area (Å²) in [7, 11) is 1.40. The van der Waals surface area contributed by atoms with Gasteiger partial charge in [0.05, 0.1) is 19.4 Å². The van der Waals surface area contributed by atoms with E-state index in [4.69, 9.17) is 4.74 Å². The van der Waals surface area contributed by atoms with E-state index in [0.717, 1.165) is 41.9 Å². The van der Waals surface area contributed by atoms with Gasteiger partial charge in [0.15, 0.2) is 11.5 Å². The molecule has 0 saturated carbocycles. The van der Waals surface area contributed by atoms with Crippen LogP contribution in [0.25, 0.3) is 0 Å². The molecule has 1 aliphatic heterocycles. The summed E-state index contributed by atoms with van der Waals surface area (Å²) in [5.41, 5.74) is 3.48.